The maximum atomic E-state index is 13.5. The number of hydrogen-bond acceptors (Lipinski definition) is 4. The van der Waals surface area contributed by atoms with Crippen molar-refractivity contribution in [2.24, 2.45) is 0 Å². The molecule has 6 heteroatoms. The van der Waals surface area contributed by atoms with Crippen LogP contribution in [-0.4, -0.2) is 37.6 Å². The Kier molecular flexibility index (Phi) is 3.69. The van der Waals surface area contributed by atoms with E-state index in [1.165, 1.54) is 0 Å². The van der Waals surface area contributed by atoms with E-state index in [1.54, 1.807) is 18.6 Å². The highest BCUT2D eigenvalue weighted by atomic mass is 16.2. The number of fused-ring (bicyclic) bond motifs is 4. The molecule has 1 amide bonds. The summed E-state index contributed by atoms with van der Waals surface area (Å²) in [7, 11) is 1.91. The Morgan fingerprint density at radius 2 is 1.84 bits per heavy atom. The number of nitrogens with zero attached hydrogens (tertiary/aromatic N) is 5. The van der Waals surface area contributed by atoms with Crippen LogP contribution in [0.15, 0.2) is 67.1 Å². The lowest BCUT2D eigenvalue weighted by Crippen LogP contribution is -2.36. The van der Waals surface area contributed by atoms with Gasteiger partial charge in [-0.05, 0) is 55.7 Å². The van der Waals surface area contributed by atoms with Gasteiger partial charge in [0.05, 0.1) is 16.9 Å². The van der Waals surface area contributed by atoms with Gasteiger partial charge in [0, 0.05) is 48.0 Å². The number of hydrogen-bond donors (Lipinski definition) is 0. The van der Waals surface area contributed by atoms with Crippen LogP contribution < -0.4 is 0 Å². The zero-order valence-electron chi connectivity index (χ0n) is 17.4. The third-order valence-electron chi connectivity index (χ3n) is 6.60. The van der Waals surface area contributed by atoms with E-state index in [0.717, 1.165) is 52.2 Å². The first-order valence-electron chi connectivity index (χ1n) is 10.4. The molecule has 0 N–H and O–H groups in total. The van der Waals surface area contributed by atoms with E-state index in [1.807, 2.05) is 47.8 Å². The first-order chi connectivity index (χ1) is 15.1. The highest BCUT2D eigenvalue weighted by Gasteiger charge is 2.53. The van der Waals surface area contributed by atoms with Gasteiger partial charge >= 0.3 is 0 Å². The minimum Gasteiger partial charge on any atom is -0.331 e. The number of aryl methyl sites for hydroxylation is 1. The van der Waals surface area contributed by atoms with Gasteiger partial charge in [-0.2, -0.15) is 5.10 Å². The largest absolute Gasteiger partial charge is 0.331 e. The van der Waals surface area contributed by atoms with E-state index in [9.17, 15) is 4.79 Å². The van der Waals surface area contributed by atoms with Gasteiger partial charge in [0.1, 0.15) is 5.69 Å². The van der Waals surface area contributed by atoms with Crippen molar-refractivity contribution < 1.29 is 4.79 Å². The van der Waals surface area contributed by atoms with Crippen molar-refractivity contribution in [3.05, 3.63) is 84.1 Å². The van der Waals surface area contributed by atoms with E-state index < -0.39 is 0 Å². The Morgan fingerprint density at radius 1 is 1.00 bits per heavy atom. The quantitative estimate of drug-likeness (QED) is 0.495. The fraction of sp³-hybridized carbons (Fsp3) is 0.200. The lowest BCUT2D eigenvalue weighted by molar-refractivity contribution is 0.0704. The smallest absolute Gasteiger partial charge is 0.273 e. The summed E-state index contributed by atoms with van der Waals surface area (Å²) in [6.45, 7) is 2.01. The first kappa shape index (κ1) is 18.0. The second kappa shape index (κ2) is 6.35. The zero-order chi connectivity index (χ0) is 21.2. The van der Waals surface area contributed by atoms with Crippen LogP contribution in [0.1, 0.15) is 34.6 Å². The van der Waals surface area contributed by atoms with E-state index in [2.05, 4.69) is 34.2 Å². The predicted molar refractivity (Wildman–Crippen MR) is 118 cm³/mol. The summed E-state index contributed by atoms with van der Waals surface area (Å²) < 4.78 is 1.82. The van der Waals surface area contributed by atoms with Crippen molar-refractivity contribution in [3.8, 4) is 28.1 Å². The number of aromatic nitrogens is 4. The average molecular weight is 407 g/mol. The van der Waals surface area contributed by atoms with E-state index in [-0.39, 0.29) is 11.4 Å². The summed E-state index contributed by atoms with van der Waals surface area (Å²) in [6, 6.07) is 16.2. The summed E-state index contributed by atoms with van der Waals surface area (Å²) in [5.74, 6) is -0.00421. The Labute approximate surface area is 180 Å². The normalized spacial score (nSPS) is 16.1. The van der Waals surface area contributed by atoms with Crippen LogP contribution in [0, 0.1) is 6.92 Å². The molecule has 0 unspecified atom stereocenters. The molecule has 2 aliphatic rings. The van der Waals surface area contributed by atoms with Crippen LogP contribution in [0.5, 0.6) is 0 Å². The van der Waals surface area contributed by atoms with Gasteiger partial charge < -0.3 is 4.90 Å². The fourth-order valence-electron chi connectivity index (χ4n) is 4.70. The maximum Gasteiger partial charge on any atom is 0.273 e. The van der Waals surface area contributed by atoms with E-state index in [0.29, 0.717) is 5.69 Å². The van der Waals surface area contributed by atoms with Crippen LogP contribution in [-0.2, 0) is 5.54 Å². The number of carbonyl (C=O) groups excluding carboxylic acids is 1. The second-order valence-corrected chi connectivity index (χ2v) is 8.33. The SMILES string of the molecule is Cc1ncccc1-c1ccc2c(c1)-n1nc(-c3cccnc3)cc1C(=O)N(C)C21CC1. The number of rotatable bonds is 2. The molecular formula is C25H21N5O. The molecule has 1 aliphatic carbocycles. The third kappa shape index (κ3) is 2.57. The van der Waals surface area contributed by atoms with Gasteiger partial charge in [-0.15, -0.1) is 0 Å². The van der Waals surface area contributed by atoms with Gasteiger partial charge in [-0.1, -0.05) is 18.2 Å². The molecule has 1 saturated carbocycles. The molecule has 4 aromatic rings. The number of benzene rings is 1. The summed E-state index contributed by atoms with van der Waals surface area (Å²) in [5, 5.41) is 4.87. The van der Waals surface area contributed by atoms with Gasteiger partial charge in [0.2, 0.25) is 0 Å². The van der Waals surface area contributed by atoms with E-state index >= 15 is 0 Å². The summed E-state index contributed by atoms with van der Waals surface area (Å²) in [6.07, 6.45) is 7.25. The monoisotopic (exact) mass is 407 g/mol. The average Bonchev–Trinajstić information content (AvgIpc) is 3.50. The van der Waals surface area contributed by atoms with Crippen molar-refractivity contribution in [1.82, 2.24) is 24.6 Å². The predicted octanol–water partition coefficient (Wildman–Crippen LogP) is 4.38. The minimum absolute atomic E-state index is 0.00421. The molecule has 4 heterocycles. The Balaban J connectivity index is 1.61. The molecule has 1 aromatic carbocycles. The Morgan fingerprint density at radius 3 is 2.58 bits per heavy atom. The maximum absolute atomic E-state index is 13.5. The van der Waals surface area contributed by atoms with Crippen LogP contribution in [0.3, 0.4) is 0 Å². The van der Waals surface area contributed by atoms with Gasteiger partial charge in [-0.25, -0.2) is 4.68 Å². The molecule has 1 spiro atoms. The van der Waals surface area contributed by atoms with Crippen molar-refractivity contribution in [2.45, 2.75) is 25.3 Å². The number of carbonyl (C=O) groups is 1. The first-order valence-corrected chi connectivity index (χ1v) is 10.4. The molecular weight excluding hydrogens is 386 g/mol. The van der Waals surface area contributed by atoms with Crippen molar-refractivity contribution in [1.29, 1.82) is 0 Å². The third-order valence-corrected chi connectivity index (χ3v) is 6.60. The lowest BCUT2D eigenvalue weighted by atomic mass is 9.96. The molecule has 6 rings (SSSR count). The fourth-order valence-corrected chi connectivity index (χ4v) is 4.70. The Hall–Kier alpha value is -3.80. The molecule has 6 nitrogen and oxygen atoms in total. The number of pyridine rings is 2. The minimum atomic E-state index is -0.246. The summed E-state index contributed by atoms with van der Waals surface area (Å²) in [4.78, 5) is 24.0. The molecule has 3 aromatic heterocycles. The lowest BCUT2D eigenvalue weighted by Gasteiger charge is -2.27. The van der Waals surface area contributed by atoms with Crippen molar-refractivity contribution in [2.75, 3.05) is 7.05 Å². The van der Waals surface area contributed by atoms with Crippen molar-refractivity contribution >= 4 is 5.91 Å². The standard InChI is InChI=1S/C25H21N5O/c1-16-19(6-4-12-27-16)17-7-8-20-22(13-17)30-23(24(31)29(2)25(20)9-10-25)14-21(28-30)18-5-3-11-26-15-18/h3-8,11-15H,9-10H2,1-2H3. The molecule has 0 bridgehead atoms. The molecule has 31 heavy (non-hydrogen) atoms. The van der Waals surface area contributed by atoms with Crippen LogP contribution in [0.25, 0.3) is 28.1 Å². The highest BCUT2D eigenvalue weighted by molar-refractivity contribution is 5.96. The van der Waals surface area contributed by atoms with E-state index in [4.69, 9.17) is 5.10 Å². The van der Waals surface area contributed by atoms with Gasteiger partial charge in [0.25, 0.3) is 5.91 Å². The molecule has 152 valence electrons. The molecule has 0 radical (unpaired) electrons. The molecule has 0 saturated heterocycles. The highest BCUT2D eigenvalue weighted by Crippen LogP contribution is 2.54. The second-order valence-electron chi connectivity index (χ2n) is 8.33. The van der Waals surface area contributed by atoms with Crippen LogP contribution >= 0.6 is 0 Å². The summed E-state index contributed by atoms with van der Waals surface area (Å²) >= 11 is 0. The molecule has 1 fully saturated rings. The summed E-state index contributed by atoms with van der Waals surface area (Å²) in [5.41, 5.74) is 7.19. The Bertz CT molecular complexity index is 1340. The van der Waals surface area contributed by atoms with Gasteiger partial charge in [-0.3, -0.25) is 14.8 Å². The van der Waals surface area contributed by atoms with Gasteiger partial charge in [0.15, 0.2) is 0 Å². The van der Waals surface area contributed by atoms with Crippen molar-refractivity contribution in [3.63, 3.8) is 0 Å². The van der Waals surface area contributed by atoms with Crippen LogP contribution in [0.2, 0.25) is 0 Å². The molecule has 1 aliphatic heterocycles. The molecule has 0 atom stereocenters. The number of amides is 1. The van der Waals surface area contributed by atoms with Crippen LogP contribution in [0.4, 0.5) is 0 Å². The topological polar surface area (TPSA) is 63.9 Å². The zero-order valence-corrected chi connectivity index (χ0v) is 17.4.